The van der Waals surface area contributed by atoms with Crippen LogP contribution in [-0.4, -0.2) is 12.5 Å². The average Bonchev–Trinajstić information content (AvgIpc) is 2.38. The van der Waals surface area contributed by atoms with Crippen LogP contribution in [0.25, 0.3) is 0 Å². The first-order valence-electron chi connectivity index (χ1n) is 5.67. The second kappa shape index (κ2) is 6.47. The van der Waals surface area contributed by atoms with Crippen LogP contribution in [0.4, 0.5) is 14.5 Å². The first kappa shape index (κ1) is 14.5. The lowest BCUT2D eigenvalue weighted by Gasteiger charge is -2.09. The number of carbonyl (C=O) groups is 1. The number of benzene rings is 2. The summed E-state index contributed by atoms with van der Waals surface area (Å²) in [5.41, 5.74) is 0.830. The van der Waals surface area contributed by atoms with E-state index in [1.54, 1.807) is 30.3 Å². The van der Waals surface area contributed by atoms with Crippen LogP contribution in [0.15, 0.2) is 53.0 Å². The summed E-state index contributed by atoms with van der Waals surface area (Å²) >= 11 is 3.27. The molecule has 0 radical (unpaired) electrons. The van der Waals surface area contributed by atoms with Gasteiger partial charge in [-0.15, -0.1) is 0 Å². The van der Waals surface area contributed by atoms with E-state index in [4.69, 9.17) is 0 Å². The molecule has 0 saturated carbocycles. The molecule has 0 aliphatic carbocycles. The third-order valence-corrected chi connectivity index (χ3v) is 3.13. The fourth-order valence-corrected chi connectivity index (χ4v) is 2.06. The first-order chi connectivity index (χ1) is 9.56. The van der Waals surface area contributed by atoms with Gasteiger partial charge in [-0.1, -0.05) is 18.2 Å². The van der Waals surface area contributed by atoms with Gasteiger partial charge in [0.05, 0.1) is 5.56 Å². The number of hydrogen-bond donors (Lipinski definition) is 1. The second-order valence-electron chi connectivity index (χ2n) is 3.84. The minimum atomic E-state index is -2.90. The van der Waals surface area contributed by atoms with E-state index in [1.165, 1.54) is 18.2 Å². The van der Waals surface area contributed by atoms with Crippen molar-refractivity contribution in [1.29, 1.82) is 0 Å². The molecule has 2 aromatic rings. The maximum atomic E-state index is 12.1. The fourth-order valence-electron chi connectivity index (χ4n) is 1.59. The van der Waals surface area contributed by atoms with Crippen molar-refractivity contribution in [3.05, 3.63) is 58.6 Å². The summed E-state index contributed by atoms with van der Waals surface area (Å²) in [6.45, 7) is -2.90. The molecule has 0 unspecified atom stereocenters. The van der Waals surface area contributed by atoms with E-state index in [1.807, 2.05) is 0 Å². The summed E-state index contributed by atoms with van der Waals surface area (Å²) in [5, 5.41) is 2.62. The van der Waals surface area contributed by atoms with Gasteiger partial charge in [-0.3, -0.25) is 4.79 Å². The minimum absolute atomic E-state index is 0.00933. The van der Waals surface area contributed by atoms with Gasteiger partial charge in [0.1, 0.15) is 5.75 Å². The molecule has 104 valence electrons. The molecule has 0 fully saturated rings. The van der Waals surface area contributed by atoms with Crippen LogP contribution >= 0.6 is 15.9 Å². The molecule has 20 heavy (non-hydrogen) atoms. The zero-order valence-corrected chi connectivity index (χ0v) is 11.7. The number of nitrogens with one attached hydrogen (secondary N) is 1. The maximum Gasteiger partial charge on any atom is 0.387 e. The third-order valence-electron chi connectivity index (χ3n) is 2.44. The molecule has 0 aromatic heterocycles. The highest BCUT2D eigenvalue weighted by atomic mass is 79.9. The van der Waals surface area contributed by atoms with Crippen molar-refractivity contribution in [2.24, 2.45) is 0 Å². The Labute approximate surface area is 122 Å². The van der Waals surface area contributed by atoms with E-state index < -0.39 is 6.61 Å². The van der Waals surface area contributed by atoms with Gasteiger partial charge < -0.3 is 10.1 Å². The zero-order chi connectivity index (χ0) is 14.5. The summed E-state index contributed by atoms with van der Waals surface area (Å²) in [7, 11) is 0. The van der Waals surface area contributed by atoms with Gasteiger partial charge in [-0.25, -0.2) is 0 Å². The molecule has 0 aliphatic heterocycles. The number of ether oxygens (including phenoxy) is 1. The molecule has 6 heteroatoms. The first-order valence-corrected chi connectivity index (χ1v) is 6.46. The van der Waals surface area contributed by atoms with Crippen LogP contribution < -0.4 is 10.1 Å². The van der Waals surface area contributed by atoms with Crippen molar-refractivity contribution in [1.82, 2.24) is 0 Å². The Balaban J connectivity index is 2.14. The number of hydrogen-bond acceptors (Lipinski definition) is 2. The quantitative estimate of drug-likeness (QED) is 0.900. The largest absolute Gasteiger partial charge is 0.435 e. The number of rotatable bonds is 4. The van der Waals surface area contributed by atoms with Crippen molar-refractivity contribution >= 4 is 27.5 Å². The predicted molar refractivity (Wildman–Crippen MR) is 75.2 cm³/mol. The summed E-state index contributed by atoms with van der Waals surface area (Å²) in [6, 6.07) is 12.7. The lowest BCUT2D eigenvalue weighted by molar-refractivity contribution is -0.0497. The van der Waals surface area contributed by atoms with E-state index in [2.05, 4.69) is 26.0 Å². The van der Waals surface area contributed by atoms with Crippen LogP contribution in [0.5, 0.6) is 5.75 Å². The smallest absolute Gasteiger partial charge is 0.387 e. The van der Waals surface area contributed by atoms with Crippen LogP contribution in [-0.2, 0) is 0 Å². The van der Waals surface area contributed by atoms with E-state index >= 15 is 0 Å². The Hall–Kier alpha value is -1.95. The van der Waals surface area contributed by atoms with E-state index in [0.29, 0.717) is 15.7 Å². The highest BCUT2D eigenvalue weighted by Crippen LogP contribution is 2.21. The molecule has 1 amide bonds. The standard InChI is InChI=1S/C14H10BrF2NO2/c15-12-7-2-1-6-11(12)13(19)18-9-4-3-5-10(8-9)20-14(16)17/h1-8,14H,(H,18,19). The zero-order valence-electron chi connectivity index (χ0n) is 10.1. The lowest BCUT2D eigenvalue weighted by atomic mass is 10.2. The third kappa shape index (κ3) is 3.77. The normalized spacial score (nSPS) is 10.4. The van der Waals surface area contributed by atoms with Crippen LogP contribution in [0.2, 0.25) is 0 Å². The second-order valence-corrected chi connectivity index (χ2v) is 4.69. The highest BCUT2D eigenvalue weighted by molar-refractivity contribution is 9.10. The van der Waals surface area contributed by atoms with Crippen molar-refractivity contribution in [3.8, 4) is 5.75 Å². The number of amides is 1. The van der Waals surface area contributed by atoms with Gasteiger partial charge in [0.2, 0.25) is 0 Å². The van der Waals surface area contributed by atoms with Crippen LogP contribution in [0.1, 0.15) is 10.4 Å². The predicted octanol–water partition coefficient (Wildman–Crippen LogP) is 4.30. The molecular formula is C14H10BrF2NO2. The van der Waals surface area contributed by atoms with Gasteiger partial charge in [0.25, 0.3) is 5.91 Å². The van der Waals surface area contributed by atoms with Crippen molar-refractivity contribution in [2.75, 3.05) is 5.32 Å². The molecule has 1 N–H and O–H groups in total. The van der Waals surface area contributed by atoms with Crippen molar-refractivity contribution in [2.45, 2.75) is 6.61 Å². The Morgan fingerprint density at radius 3 is 2.60 bits per heavy atom. The van der Waals surface area contributed by atoms with Gasteiger partial charge in [0, 0.05) is 16.2 Å². The van der Waals surface area contributed by atoms with E-state index in [0.717, 1.165) is 0 Å². The number of carbonyl (C=O) groups excluding carboxylic acids is 1. The van der Waals surface area contributed by atoms with Crippen LogP contribution in [0, 0.1) is 0 Å². The Kier molecular flexibility index (Phi) is 4.68. The van der Waals surface area contributed by atoms with Crippen LogP contribution in [0.3, 0.4) is 0 Å². The lowest BCUT2D eigenvalue weighted by Crippen LogP contribution is -2.12. The van der Waals surface area contributed by atoms with Gasteiger partial charge >= 0.3 is 6.61 Å². The average molecular weight is 342 g/mol. The molecule has 0 aliphatic rings. The van der Waals surface area contributed by atoms with Crippen molar-refractivity contribution in [3.63, 3.8) is 0 Å². The topological polar surface area (TPSA) is 38.3 Å². The minimum Gasteiger partial charge on any atom is -0.435 e. The summed E-state index contributed by atoms with van der Waals surface area (Å²) in [5.74, 6) is -0.350. The monoisotopic (exact) mass is 341 g/mol. The maximum absolute atomic E-state index is 12.1. The SMILES string of the molecule is O=C(Nc1cccc(OC(F)F)c1)c1ccccc1Br. The summed E-state index contributed by atoms with van der Waals surface area (Å²) in [6.07, 6.45) is 0. The molecule has 2 aromatic carbocycles. The van der Waals surface area contributed by atoms with Crippen molar-refractivity contribution < 1.29 is 18.3 Å². The number of anilines is 1. The molecule has 0 atom stereocenters. The van der Waals surface area contributed by atoms with E-state index in [9.17, 15) is 13.6 Å². The summed E-state index contributed by atoms with van der Waals surface area (Å²) < 4.78 is 29.2. The number of halogens is 3. The van der Waals surface area contributed by atoms with Gasteiger partial charge in [-0.2, -0.15) is 8.78 Å². The van der Waals surface area contributed by atoms with E-state index in [-0.39, 0.29) is 11.7 Å². The Morgan fingerprint density at radius 2 is 1.90 bits per heavy atom. The molecule has 0 saturated heterocycles. The number of alkyl halides is 2. The highest BCUT2D eigenvalue weighted by Gasteiger charge is 2.10. The molecule has 0 heterocycles. The molecule has 3 nitrogen and oxygen atoms in total. The molecular weight excluding hydrogens is 332 g/mol. The molecule has 0 spiro atoms. The summed E-state index contributed by atoms with van der Waals surface area (Å²) in [4.78, 5) is 12.0. The Bertz CT molecular complexity index is 620. The Morgan fingerprint density at radius 1 is 1.15 bits per heavy atom. The molecule has 0 bridgehead atoms. The fraction of sp³-hybridized carbons (Fsp3) is 0.0714. The molecule has 2 rings (SSSR count). The van der Waals surface area contributed by atoms with Gasteiger partial charge in [-0.05, 0) is 40.2 Å². The van der Waals surface area contributed by atoms with Gasteiger partial charge in [0.15, 0.2) is 0 Å².